The van der Waals surface area contributed by atoms with Crippen LogP contribution in [-0.2, 0) is 6.42 Å². The van der Waals surface area contributed by atoms with Gasteiger partial charge in [-0.05, 0) is 18.9 Å². The van der Waals surface area contributed by atoms with Crippen molar-refractivity contribution in [2.45, 2.75) is 13.3 Å². The minimum atomic E-state index is 0.799. The predicted molar refractivity (Wildman–Crippen MR) is 45.6 cm³/mol. The van der Waals surface area contributed by atoms with Gasteiger partial charge in [-0.2, -0.15) is 0 Å². The molecule has 3 N–H and O–H groups in total. The molecule has 1 aromatic heterocycles. The number of nitrogens with zero attached hydrogens (tertiary/aromatic N) is 1. The number of pyridine rings is 1. The van der Waals surface area contributed by atoms with Crippen LogP contribution in [0, 0.1) is 6.92 Å². The zero-order chi connectivity index (χ0) is 7.84. The highest BCUT2D eigenvalue weighted by atomic mass is 15.0. The summed E-state index contributed by atoms with van der Waals surface area (Å²) in [5, 5.41) is 3.20. The number of aromatic nitrogens is 1. The molecule has 0 amide bonds. The van der Waals surface area contributed by atoms with Crippen molar-refractivity contribution in [3.05, 3.63) is 17.3 Å². The van der Waals surface area contributed by atoms with E-state index in [0.29, 0.717) is 0 Å². The molecule has 0 atom stereocenters. The van der Waals surface area contributed by atoms with Crippen molar-refractivity contribution in [2.24, 2.45) is 0 Å². The Hall–Kier alpha value is -1.25. The average molecular weight is 149 g/mol. The molecule has 58 valence electrons. The molecule has 0 unspecified atom stereocenters. The van der Waals surface area contributed by atoms with Crippen LogP contribution in [0.5, 0.6) is 0 Å². The van der Waals surface area contributed by atoms with E-state index < -0.39 is 0 Å². The topological polar surface area (TPSA) is 50.9 Å². The van der Waals surface area contributed by atoms with E-state index in [1.165, 1.54) is 11.1 Å². The van der Waals surface area contributed by atoms with Gasteiger partial charge >= 0.3 is 0 Å². The molecule has 1 aromatic rings. The fourth-order valence-electron chi connectivity index (χ4n) is 1.42. The predicted octanol–water partition coefficient (Wildman–Crippen LogP) is 0.940. The second-order valence-electron chi connectivity index (χ2n) is 2.84. The molecule has 0 saturated carbocycles. The van der Waals surface area contributed by atoms with E-state index >= 15 is 0 Å². The van der Waals surface area contributed by atoms with Gasteiger partial charge in [0, 0.05) is 12.1 Å². The number of hydrogen-bond donors (Lipinski definition) is 2. The molecule has 1 aliphatic rings. The summed E-state index contributed by atoms with van der Waals surface area (Å²) in [6.45, 7) is 3.04. The van der Waals surface area contributed by atoms with Gasteiger partial charge < -0.3 is 11.1 Å². The summed E-state index contributed by atoms with van der Waals surface area (Å²) < 4.78 is 0. The van der Waals surface area contributed by atoms with E-state index in [1.54, 1.807) is 6.20 Å². The van der Waals surface area contributed by atoms with E-state index in [1.807, 2.05) is 6.92 Å². The monoisotopic (exact) mass is 149 g/mol. The maximum atomic E-state index is 5.70. The largest absolute Gasteiger partial charge is 0.397 e. The van der Waals surface area contributed by atoms with E-state index in [-0.39, 0.29) is 0 Å². The summed E-state index contributed by atoms with van der Waals surface area (Å²) in [4.78, 5) is 4.18. The van der Waals surface area contributed by atoms with Crippen LogP contribution in [0.1, 0.15) is 11.1 Å². The number of nitrogen functional groups attached to an aromatic ring is 1. The summed E-state index contributed by atoms with van der Waals surface area (Å²) in [6.07, 6.45) is 2.77. The van der Waals surface area contributed by atoms with Crippen molar-refractivity contribution in [3.63, 3.8) is 0 Å². The Kier molecular flexibility index (Phi) is 1.24. The third kappa shape index (κ3) is 0.843. The number of hydrogen-bond acceptors (Lipinski definition) is 3. The van der Waals surface area contributed by atoms with Crippen LogP contribution < -0.4 is 11.1 Å². The van der Waals surface area contributed by atoms with Crippen molar-refractivity contribution in [1.29, 1.82) is 0 Å². The first-order valence-corrected chi connectivity index (χ1v) is 3.77. The summed E-state index contributed by atoms with van der Waals surface area (Å²) in [5.74, 6) is 1.01. The van der Waals surface area contributed by atoms with Crippen molar-refractivity contribution >= 4 is 11.5 Å². The minimum Gasteiger partial charge on any atom is -0.397 e. The molecule has 0 saturated heterocycles. The Morgan fingerprint density at radius 1 is 1.64 bits per heavy atom. The van der Waals surface area contributed by atoms with Gasteiger partial charge in [-0.1, -0.05) is 0 Å². The molecule has 0 aromatic carbocycles. The molecule has 11 heavy (non-hydrogen) atoms. The Labute approximate surface area is 65.6 Å². The number of nitrogens with two attached hydrogens (primary N) is 1. The number of nitrogens with one attached hydrogen (secondary N) is 1. The Bertz CT molecular complexity index is 294. The lowest BCUT2D eigenvalue weighted by Gasteiger charge is -2.04. The minimum absolute atomic E-state index is 0.799. The van der Waals surface area contributed by atoms with E-state index in [0.717, 1.165) is 24.5 Å². The number of anilines is 2. The highest BCUT2D eigenvalue weighted by Crippen LogP contribution is 2.25. The quantitative estimate of drug-likeness (QED) is 0.577. The average Bonchev–Trinajstić information content (AvgIpc) is 2.45. The van der Waals surface area contributed by atoms with Gasteiger partial charge in [0.2, 0.25) is 0 Å². The lowest BCUT2D eigenvalue weighted by atomic mass is 10.1. The van der Waals surface area contributed by atoms with Gasteiger partial charge in [-0.3, -0.25) is 0 Å². The lowest BCUT2D eigenvalue weighted by Crippen LogP contribution is -1.96. The first-order valence-electron chi connectivity index (χ1n) is 3.77. The molecule has 2 rings (SSSR count). The van der Waals surface area contributed by atoms with Gasteiger partial charge in [0.1, 0.15) is 5.82 Å². The van der Waals surface area contributed by atoms with Gasteiger partial charge in [0.05, 0.1) is 11.9 Å². The van der Waals surface area contributed by atoms with E-state index in [4.69, 9.17) is 5.73 Å². The van der Waals surface area contributed by atoms with Gasteiger partial charge in [-0.25, -0.2) is 4.98 Å². The van der Waals surface area contributed by atoms with Crippen LogP contribution >= 0.6 is 0 Å². The molecule has 2 heterocycles. The normalized spacial score (nSPS) is 14.3. The van der Waals surface area contributed by atoms with Crippen LogP contribution in [-0.4, -0.2) is 11.5 Å². The summed E-state index contributed by atoms with van der Waals surface area (Å²) in [5.41, 5.74) is 8.96. The van der Waals surface area contributed by atoms with Crippen molar-refractivity contribution in [1.82, 2.24) is 4.98 Å². The molecule has 0 aliphatic carbocycles. The molecule has 0 bridgehead atoms. The second kappa shape index (κ2) is 2.12. The summed E-state index contributed by atoms with van der Waals surface area (Å²) in [7, 11) is 0. The molecule has 0 spiro atoms. The third-order valence-electron chi connectivity index (χ3n) is 2.17. The van der Waals surface area contributed by atoms with Crippen LogP contribution in [0.3, 0.4) is 0 Å². The van der Waals surface area contributed by atoms with Crippen LogP contribution in [0.25, 0.3) is 0 Å². The maximum absolute atomic E-state index is 5.70. The molecular formula is C8H11N3. The molecule has 1 aliphatic heterocycles. The van der Waals surface area contributed by atoms with Gasteiger partial charge in [0.15, 0.2) is 0 Å². The van der Waals surface area contributed by atoms with E-state index in [9.17, 15) is 0 Å². The number of fused-ring (bicyclic) bond motifs is 1. The van der Waals surface area contributed by atoms with E-state index in [2.05, 4.69) is 10.3 Å². The Morgan fingerprint density at radius 2 is 2.45 bits per heavy atom. The lowest BCUT2D eigenvalue weighted by molar-refractivity contribution is 1.09. The fraction of sp³-hybridized carbons (Fsp3) is 0.375. The third-order valence-corrected chi connectivity index (χ3v) is 2.17. The highest BCUT2D eigenvalue weighted by Gasteiger charge is 2.14. The fourth-order valence-corrected chi connectivity index (χ4v) is 1.42. The van der Waals surface area contributed by atoms with Gasteiger partial charge in [0.25, 0.3) is 0 Å². The standard InChI is InChI=1S/C8H11N3/c1-5-6-2-3-10-8(6)11-4-7(5)9/h4H,2-3,9H2,1H3,(H,10,11). The Balaban J connectivity index is 2.62. The first kappa shape index (κ1) is 6.46. The molecule has 0 radical (unpaired) electrons. The zero-order valence-corrected chi connectivity index (χ0v) is 6.52. The summed E-state index contributed by atoms with van der Waals surface area (Å²) in [6, 6.07) is 0. The van der Waals surface area contributed by atoms with Crippen molar-refractivity contribution in [2.75, 3.05) is 17.6 Å². The van der Waals surface area contributed by atoms with Crippen LogP contribution in [0.15, 0.2) is 6.20 Å². The summed E-state index contributed by atoms with van der Waals surface area (Å²) >= 11 is 0. The molecular weight excluding hydrogens is 138 g/mol. The second-order valence-corrected chi connectivity index (χ2v) is 2.84. The molecule has 3 nitrogen and oxygen atoms in total. The SMILES string of the molecule is Cc1c(N)cnc2c1CCN2. The smallest absolute Gasteiger partial charge is 0.129 e. The van der Waals surface area contributed by atoms with Crippen LogP contribution in [0.4, 0.5) is 11.5 Å². The van der Waals surface area contributed by atoms with Crippen molar-refractivity contribution < 1.29 is 0 Å². The molecule has 3 heteroatoms. The zero-order valence-electron chi connectivity index (χ0n) is 6.52. The van der Waals surface area contributed by atoms with Crippen LogP contribution in [0.2, 0.25) is 0 Å². The van der Waals surface area contributed by atoms with Crippen molar-refractivity contribution in [3.8, 4) is 0 Å². The van der Waals surface area contributed by atoms with Gasteiger partial charge in [-0.15, -0.1) is 0 Å². The Morgan fingerprint density at radius 3 is 3.27 bits per heavy atom. The number of rotatable bonds is 0. The molecule has 0 fully saturated rings. The highest BCUT2D eigenvalue weighted by molar-refractivity contribution is 5.60. The maximum Gasteiger partial charge on any atom is 0.129 e. The first-order chi connectivity index (χ1) is 5.29.